The van der Waals surface area contributed by atoms with Gasteiger partial charge in [-0.3, -0.25) is 9.69 Å². The monoisotopic (exact) mass is 403 g/mol. The molecule has 2 rings (SSSR count). The van der Waals surface area contributed by atoms with Crippen LogP contribution >= 0.6 is 24.8 Å². The predicted molar refractivity (Wildman–Crippen MR) is 114 cm³/mol. The lowest BCUT2D eigenvalue weighted by Gasteiger charge is -2.34. The number of amides is 1. The SMILES string of the molecule is CCN(CC)C(CNC(=O)C1(N)CCCCC1)Cc1ccccc1.Cl.Cl. The van der Waals surface area contributed by atoms with Crippen molar-refractivity contribution in [2.75, 3.05) is 19.6 Å². The van der Waals surface area contributed by atoms with Gasteiger partial charge in [0.15, 0.2) is 0 Å². The second-order valence-corrected chi connectivity index (χ2v) is 6.99. The number of likely N-dealkylation sites (N-methyl/N-ethyl adjacent to an activating group) is 1. The summed E-state index contributed by atoms with van der Waals surface area (Å²) in [5, 5.41) is 3.16. The molecular weight excluding hydrogens is 369 g/mol. The fourth-order valence-electron chi connectivity index (χ4n) is 3.75. The molecule has 0 aliphatic heterocycles. The number of benzene rings is 1. The molecule has 0 aromatic heterocycles. The Kier molecular flexibility index (Phi) is 12.2. The van der Waals surface area contributed by atoms with Crippen LogP contribution in [0.15, 0.2) is 30.3 Å². The number of carbonyl (C=O) groups is 1. The molecule has 1 aliphatic rings. The third-order valence-electron chi connectivity index (χ3n) is 5.34. The van der Waals surface area contributed by atoms with Gasteiger partial charge in [0.25, 0.3) is 0 Å². The summed E-state index contributed by atoms with van der Waals surface area (Å²) in [5.41, 5.74) is 7.01. The van der Waals surface area contributed by atoms with Crippen LogP contribution in [0, 0.1) is 0 Å². The summed E-state index contributed by atoms with van der Waals surface area (Å²) in [6.45, 7) is 6.98. The van der Waals surface area contributed by atoms with Crippen LogP contribution in [0.1, 0.15) is 51.5 Å². The molecule has 150 valence electrons. The smallest absolute Gasteiger partial charge is 0.240 e. The minimum Gasteiger partial charge on any atom is -0.353 e. The van der Waals surface area contributed by atoms with E-state index in [0.717, 1.165) is 45.2 Å². The number of hydrogen-bond acceptors (Lipinski definition) is 3. The van der Waals surface area contributed by atoms with Crippen LogP contribution in [-0.2, 0) is 11.2 Å². The fraction of sp³-hybridized carbons (Fsp3) is 0.650. The van der Waals surface area contributed by atoms with Crippen molar-refractivity contribution in [3.8, 4) is 0 Å². The van der Waals surface area contributed by atoms with Crippen LogP contribution in [0.25, 0.3) is 0 Å². The first-order chi connectivity index (χ1) is 11.6. The van der Waals surface area contributed by atoms with Gasteiger partial charge in [0, 0.05) is 12.6 Å². The summed E-state index contributed by atoms with van der Waals surface area (Å²) in [6, 6.07) is 10.8. The Balaban J connectivity index is 0.00000312. The fourth-order valence-corrected chi connectivity index (χ4v) is 3.75. The molecule has 1 aliphatic carbocycles. The lowest BCUT2D eigenvalue weighted by atomic mass is 9.82. The van der Waals surface area contributed by atoms with Crippen LogP contribution in [0.4, 0.5) is 0 Å². The largest absolute Gasteiger partial charge is 0.353 e. The van der Waals surface area contributed by atoms with Gasteiger partial charge in [-0.25, -0.2) is 0 Å². The summed E-state index contributed by atoms with van der Waals surface area (Å²) in [7, 11) is 0. The van der Waals surface area contributed by atoms with E-state index in [2.05, 4.69) is 48.3 Å². The third-order valence-corrected chi connectivity index (χ3v) is 5.34. The minimum atomic E-state index is -0.654. The molecule has 1 aromatic carbocycles. The molecule has 1 atom stereocenters. The molecule has 0 radical (unpaired) electrons. The average Bonchev–Trinajstić information content (AvgIpc) is 2.61. The van der Waals surface area contributed by atoms with Crippen molar-refractivity contribution in [2.45, 2.75) is 64.0 Å². The van der Waals surface area contributed by atoms with E-state index in [1.165, 1.54) is 12.0 Å². The van der Waals surface area contributed by atoms with E-state index in [0.29, 0.717) is 12.6 Å². The molecule has 1 unspecified atom stereocenters. The standard InChI is InChI=1S/C20H33N3O.2ClH/c1-3-23(4-2)18(15-17-11-7-5-8-12-17)16-22-19(24)20(21)13-9-6-10-14-20;;/h5,7-8,11-12,18H,3-4,6,9-10,13-16,21H2,1-2H3,(H,22,24);2*1H. The maximum atomic E-state index is 12.6. The summed E-state index contributed by atoms with van der Waals surface area (Å²) in [4.78, 5) is 15.0. The van der Waals surface area contributed by atoms with E-state index >= 15 is 0 Å². The molecule has 26 heavy (non-hydrogen) atoms. The van der Waals surface area contributed by atoms with E-state index in [1.807, 2.05) is 6.07 Å². The van der Waals surface area contributed by atoms with Gasteiger partial charge in [-0.2, -0.15) is 0 Å². The average molecular weight is 404 g/mol. The third kappa shape index (κ3) is 7.07. The van der Waals surface area contributed by atoms with E-state index < -0.39 is 5.54 Å². The van der Waals surface area contributed by atoms with Gasteiger partial charge >= 0.3 is 0 Å². The highest BCUT2D eigenvalue weighted by atomic mass is 35.5. The molecule has 0 bridgehead atoms. The van der Waals surface area contributed by atoms with Crippen LogP contribution in [0.2, 0.25) is 0 Å². The van der Waals surface area contributed by atoms with Crippen LogP contribution < -0.4 is 11.1 Å². The van der Waals surface area contributed by atoms with E-state index in [9.17, 15) is 4.79 Å². The van der Waals surface area contributed by atoms with E-state index in [-0.39, 0.29) is 30.7 Å². The molecule has 4 nitrogen and oxygen atoms in total. The highest BCUT2D eigenvalue weighted by molar-refractivity contribution is 5.86. The van der Waals surface area contributed by atoms with Gasteiger partial charge in [0.2, 0.25) is 5.91 Å². The maximum absolute atomic E-state index is 12.6. The van der Waals surface area contributed by atoms with E-state index in [4.69, 9.17) is 5.73 Å². The summed E-state index contributed by atoms with van der Waals surface area (Å²) >= 11 is 0. The zero-order valence-electron chi connectivity index (χ0n) is 16.1. The lowest BCUT2D eigenvalue weighted by Crippen LogP contribution is -2.57. The molecule has 0 spiro atoms. The first-order valence-corrected chi connectivity index (χ1v) is 9.44. The molecule has 3 N–H and O–H groups in total. The topological polar surface area (TPSA) is 58.4 Å². The Labute approximate surface area is 171 Å². The van der Waals surface area contributed by atoms with Crippen LogP contribution in [0.5, 0.6) is 0 Å². The van der Waals surface area contributed by atoms with Gasteiger partial charge in [0.05, 0.1) is 5.54 Å². The zero-order chi connectivity index (χ0) is 17.4. The predicted octanol–water partition coefficient (Wildman–Crippen LogP) is 3.56. The van der Waals surface area contributed by atoms with Crippen molar-refractivity contribution in [1.29, 1.82) is 0 Å². The van der Waals surface area contributed by atoms with Crippen molar-refractivity contribution in [1.82, 2.24) is 10.2 Å². The zero-order valence-corrected chi connectivity index (χ0v) is 17.7. The highest BCUT2D eigenvalue weighted by Crippen LogP contribution is 2.26. The Bertz CT molecular complexity index is 503. The number of nitrogens with two attached hydrogens (primary N) is 1. The summed E-state index contributed by atoms with van der Waals surface area (Å²) in [6.07, 6.45) is 5.89. The van der Waals surface area contributed by atoms with Gasteiger partial charge in [0.1, 0.15) is 0 Å². The van der Waals surface area contributed by atoms with Crippen molar-refractivity contribution in [3.63, 3.8) is 0 Å². The van der Waals surface area contributed by atoms with Crippen LogP contribution in [0.3, 0.4) is 0 Å². The van der Waals surface area contributed by atoms with Crippen molar-refractivity contribution < 1.29 is 4.79 Å². The Morgan fingerprint density at radius 3 is 2.23 bits per heavy atom. The summed E-state index contributed by atoms with van der Waals surface area (Å²) < 4.78 is 0. The van der Waals surface area contributed by atoms with Gasteiger partial charge in [-0.1, -0.05) is 63.4 Å². The number of nitrogens with one attached hydrogen (secondary N) is 1. The maximum Gasteiger partial charge on any atom is 0.240 e. The molecule has 0 saturated heterocycles. The Morgan fingerprint density at radius 1 is 1.12 bits per heavy atom. The molecule has 1 saturated carbocycles. The van der Waals surface area contributed by atoms with Crippen molar-refractivity contribution in [2.24, 2.45) is 5.73 Å². The van der Waals surface area contributed by atoms with E-state index in [1.54, 1.807) is 0 Å². The molecule has 1 fully saturated rings. The van der Waals surface area contributed by atoms with Crippen molar-refractivity contribution in [3.05, 3.63) is 35.9 Å². The molecule has 0 heterocycles. The molecular formula is C20H35Cl2N3O. The lowest BCUT2D eigenvalue weighted by molar-refractivity contribution is -0.127. The Hall–Kier alpha value is -0.810. The first kappa shape index (κ1) is 25.2. The second kappa shape index (κ2) is 12.6. The Morgan fingerprint density at radius 2 is 1.69 bits per heavy atom. The van der Waals surface area contributed by atoms with Gasteiger partial charge < -0.3 is 11.1 Å². The number of halogens is 2. The molecule has 6 heteroatoms. The normalized spacial score (nSPS) is 16.9. The van der Waals surface area contributed by atoms with Crippen molar-refractivity contribution >= 4 is 30.7 Å². The van der Waals surface area contributed by atoms with Crippen LogP contribution in [-0.4, -0.2) is 42.0 Å². The molecule has 1 amide bonds. The van der Waals surface area contributed by atoms with Gasteiger partial charge in [-0.05, 0) is 37.9 Å². The number of nitrogens with zero attached hydrogens (tertiary/aromatic N) is 1. The quantitative estimate of drug-likeness (QED) is 0.697. The summed E-state index contributed by atoms with van der Waals surface area (Å²) in [5.74, 6) is 0.0346. The molecule has 1 aromatic rings. The first-order valence-electron chi connectivity index (χ1n) is 9.44. The highest BCUT2D eigenvalue weighted by Gasteiger charge is 2.35. The van der Waals surface area contributed by atoms with Gasteiger partial charge in [-0.15, -0.1) is 24.8 Å². The number of rotatable bonds is 8. The minimum absolute atomic E-state index is 0. The number of hydrogen-bond donors (Lipinski definition) is 2. The second-order valence-electron chi connectivity index (χ2n) is 6.99. The number of carbonyl (C=O) groups excluding carboxylic acids is 1.